The summed E-state index contributed by atoms with van der Waals surface area (Å²) in [4.78, 5) is 0. The van der Waals surface area contributed by atoms with E-state index in [1.807, 2.05) is 0 Å². The normalized spacial score (nSPS) is 16.4. The number of nitrogens with one attached hydrogen (secondary N) is 1. The third-order valence-electron chi connectivity index (χ3n) is 2.37. The van der Waals surface area contributed by atoms with E-state index >= 15 is 0 Å². The maximum Gasteiger partial charge on any atom is -0.00258 e. The minimum absolute atomic E-state index is 0.793. The Morgan fingerprint density at radius 2 is 1.85 bits per heavy atom. The van der Waals surface area contributed by atoms with Gasteiger partial charge in [0.25, 0.3) is 0 Å². The Morgan fingerprint density at radius 3 is 2.08 bits per heavy atom. The predicted octanol–water partition coefficient (Wildman–Crippen LogP) is 3.45. The summed E-state index contributed by atoms with van der Waals surface area (Å²) in [6, 6.07) is 0. The van der Waals surface area contributed by atoms with Gasteiger partial charge in [-0.2, -0.15) is 0 Å². The Labute approximate surface area is 84.3 Å². The van der Waals surface area contributed by atoms with E-state index in [0.717, 1.165) is 24.9 Å². The second-order valence-corrected chi connectivity index (χ2v) is 4.63. The molecule has 1 rings (SSSR count). The van der Waals surface area contributed by atoms with Gasteiger partial charge in [0.2, 0.25) is 0 Å². The SMILES string of the molecule is CC1CCC1.CCCNCC(C)C. The number of rotatable bonds is 4. The van der Waals surface area contributed by atoms with Crippen molar-refractivity contribution < 1.29 is 0 Å². The molecule has 1 N–H and O–H groups in total. The van der Waals surface area contributed by atoms with Crippen LogP contribution in [0.1, 0.15) is 53.4 Å². The molecule has 0 heterocycles. The Balaban J connectivity index is 0.000000243. The van der Waals surface area contributed by atoms with E-state index in [2.05, 4.69) is 33.0 Å². The van der Waals surface area contributed by atoms with Gasteiger partial charge in [-0.3, -0.25) is 0 Å². The van der Waals surface area contributed by atoms with Gasteiger partial charge in [0.1, 0.15) is 0 Å². The summed E-state index contributed by atoms with van der Waals surface area (Å²) in [5.74, 6) is 1.86. The lowest BCUT2D eigenvalue weighted by Gasteiger charge is -2.18. The molecule has 0 spiro atoms. The average Bonchev–Trinajstić information content (AvgIpc) is 2.02. The molecule has 0 saturated heterocycles. The van der Waals surface area contributed by atoms with Crippen LogP contribution in [0.5, 0.6) is 0 Å². The van der Waals surface area contributed by atoms with Gasteiger partial charge in [-0.1, -0.05) is 47.0 Å². The Bertz CT molecular complexity index is 95.3. The summed E-state index contributed by atoms with van der Waals surface area (Å²) in [7, 11) is 0. The van der Waals surface area contributed by atoms with Gasteiger partial charge >= 0.3 is 0 Å². The van der Waals surface area contributed by atoms with Crippen molar-refractivity contribution in [1.82, 2.24) is 5.32 Å². The Hall–Kier alpha value is -0.0400. The van der Waals surface area contributed by atoms with Crippen LogP contribution in [0.15, 0.2) is 0 Å². The van der Waals surface area contributed by atoms with Crippen molar-refractivity contribution in [3.63, 3.8) is 0 Å². The van der Waals surface area contributed by atoms with Crippen molar-refractivity contribution in [1.29, 1.82) is 0 Å². The van der Waals surface area contributed by atoms with Crippen LogP contribution in [0, 0.1) is 11.8 Å². The maximum atomic E-state index is 3.33. The number of hydrogen-bond donors (Lipinski definition) is 1. The molecule has 1 aliphatic carbocycles. The van der Waals surface area contributed by atoms with Crippen LogP contribution in [0.4, 0.5) is 0 Å². The van der Waals surface area contributed by atoms with Crippen molar-refractivity contribution in [3.8, 4) is 0 Å². The van der Waals surface area contributed by atoms with Crippen molar-refractivity contribution in [2.45, 2.75) is 53.4 Å². The van der Waals surface area contributed by atoms with Crippen molar-refractivity contribution in [2.75, 3.05) is 13.1 Å². The first kappa shape index (κ1) is 13.0. The van der Waals surface area contributed by atoms with E-state index in [9.17, 15) is 0 Å². The van der Waals surface area contributed by atoms with Crippen molar-refractivity contribution in [2.24, 2.45) is 11.8 Å². The summed E-state index contributed by atoms with van der Waals surface area (Å²) >= 11 is 0. The number of hydrogen-bond acceptors (Lipinski definition) is 1. The molecule has 0 unspecified atom stereocenters. The quantitative estimate of drug-likeness (QED) is 0.662. The molecule has 0 aliphatic heterocycles. The lowest BCUT2D eigenvalue weighted by Crippen LogP contribution is -2.19. The molecule has 0 aromatic heterocycles. The monoisotopic (exact) mass is 185 g/mol. The largest absolute Gasteiger partial charge is 0.316 e. The molecule has 1 heteroatoms. The minimum Gasteiger partial charge on any atom is -0.316 e. The van der Waals surface area contributed by atoms with Crippen LogP contribution in [-0.2, 0) is 0 Å². The first-order valence-corrected chi connectivity index (χ1v) is 5.87. The van der Waals surface area contributed by atoms with Gasteiger partial charge in [-0.15, -0.1) is 0 Å². The van der Waals surface area contributed by atoms with Gasteiger partial charge in [0, 0.05) is 0 Å². The smallest absolute Gasteiger partial charge is 0.00258 e. The van der Waals surface area contributed by atoms with Crippen molar-refractivity contribution >= 4 is 0 Å². The first-order valence-electron chi connectivity index (χ1n) is 5.87. The van der Waals surface area contributed by atoms with E-state index in [4.69, 9.17) is 0 Å². The standard InChI is InChI=1S/C7H17N.C5H10/c1-4-5-8-6-7(2)3;1-5-3-2-4-5/h7-8H,4-6H2,1-3H3;5H,2-4H2,1H3. The molecule has 0 aromatic rings. The van der Waals surface area contributed by atoms with E-state index < -0.39 is 0 Å². The van der Waals surface area contributed by atoms with E-state index in [1.165, 1.54) is 25.7 Å². The molecular formula is C12H27N. The molecule has 0 atom stereocenters. The molecule has 1 saturated carbocycles. The minimum atomic E-state index is 0.793. The van der Waals surface area contributed by atoms with Gasteiger partial charge in [0.05, 0.1) is 0 Å². The first-order chi connectivity index (χ1) is 6.16. The lowest BCUT2D eigenvalue weighted by atomic mass is 9.88. The fourth-order valence-electron chi connectivity index (χ4n) is 1.18. The second-order valence-electron chi connectivity index (χ2n) is 4.63. The van der Waals surface area contributed by atoms with Gasteiger partial charge in [0.15, 0.2) is 0 Å². The summed E-state index contributed by atoms with van der Waals surface area (Å²) in [6.07, 6.45) is 5.70. The van der Waals surface area contributed by atoms with Crippen LogP contribution in [0.2, 0.25) is 0 Å². The molecule has 1 aliphatic rings. The highest BCUT2D eigenvalue weighted by Crippen LogP contribution is 2.24. The van der Waals surface area contributed by atoms with Crippen molar-refractivity contribution in [3.05, 3.63) is 0 Å². The molecule has 0 bridgehead atoms. The second kappa shape index (κ2) is 8.55. The van der Waals surface area contributed by atoms with Crippen LogP contribution < -0.4 is 5.32 Å². The van der Waals surface area contributed by atoms with Crippen LogP contribution in [0.25, 0.3) is 0 Å². The van der Waals surface area contributed by atoms with E-state index in [-0.39, 0.29) is 0 Å². The zero-order valence-electron chi connectivity index (χ0n) is 9.90. The highest BCUT2D eigenvalue weighted by molar-refractivity contribution is 4.62. The van der Waals surface area contributed by atoms with Crippen LogP contribution in [-0.4, -0.2) is 13.1 Å². The average molecular weight is 185 g/mol. The fourth-order valence-corrected chi connectivity index (χ4v) is 1.18. The van der Waals surface area contributed by atoms with Crippen LogP contribution >= 0.6 is 0 Å². The predicted molar refractivity (Wildman–Crippen MR) is 61.0 cm³/mol. The maximum absolute atomic E-state index is 3.33. The molecule has 80 valence electrons. The summed E-state index contributed by atoms with van der Waals surface area (Å²) in [5.41, 5.74) is 0. The molecule has 13 heavy (non-hydrogen) atoms. The molecular weight excluding hydrogens is 158 g/mol. The van der Waals surface area contributed by atoms with E-state index in [1.54, 1.807) is 0 Å². The van der Waals surface area contributed by atoms with Gasteiger partial charge in [-0.25, -0.2) is 0 Å². The lowest BCUT2D eigenvalue weighted by molar-refractivity contribution is 0.346. The zero-order chi connectivity index (χ0) is 10.1. The molecule has 0 amide bonds. The highest BCUT2D eigenvalue weighted by Gasteiger charge is 2.09. The topological polar surface area (TPSA) is 12.0 Å². The summed E-state index contributed by atoms with van der Waals surface area (Å²) in [5, 5.41) is 3.33. The fraction of sp³-hybridized carbons (Fsp3) is 1.00. The molecule has 1 fully saturated rings. The Kier molecular flexibility index (Phi) is 8.53. The van der Waals surface area contributed by atoms with Gasteiger partial charge in [-0.05, 0) is 31.3 Å². The van der Waals surface area contributed by atoms with Crippen LogP contribution in [0.3, 0.4) is 0 Å². The molecule has 0 radical (unpaired) electrons. The summed E-state index contributed by atoms with van der Waals surface area (Å²) < 4.78 is 0. The van der Waals surface area contributed by atoms with E-state index in [0.29, 0.717) is 0 Å². The van der Waals surface area contributed by atoms with Gasteiger partial charge < -0.3 is 5.32 Å². The molecule has 0 aromatic carbocycles. The third-order valence-corrected chi connectivity index (χ3v) is 2.37. The molecule has 1 nitrogen and oxygen atoms in total. The Morgan fingerprint density at radius 1 is 1.31 bits per heavy atom. The third kappa shape index (κ3) is 9.88. The summed E-state index contributed by atoms with van der Waals surface area (Å²) in [6.45, 7) is 11.3. The highest BCUT2D eigenvalue weighted by atomic mass is 14.8. The zero-order valence-corrected chi connectivity index (χ0v) is 9.90.